The van der Waals surface area contributed by atoms with Crippen molar-refractivity contribution >= 4 is 28.5 Å². The van der Waals surface area contributed by atoms with Gasteiger partial charge in [-0.3, -0.25) is 5.10 Å². The number of hydrogen-bond donors (Lipinski definition) is 2. The summed E-state index contributed by atoms with van der Waals surface area (Å²) in [5.74, 6) is 0.615. The molecule has 0 bridgehead atoms. The van der Waals surface area contributed by atoms with E-state index in [9.17, 15) is 0 Å². The van der Waals surface area contributed by atoms with Crippen molar-refractivity contribution in [3.8, 4) is 0 Å². The van der Waals surface area contributed by atoms with Crippen molar-refractivity contribution in [3.63, 3.8) is 0 Å². The van der Waals surface area contributed by atoms with Crippen LogP contribution in [0.1, 0.15) is 5.69 Å². The first-order valence-electron chi connectivity index (χ1n) is 5.20. The van der Waals surface area contributed by atoms with Gasteiger partial charge < -0.3 is 5.32 Å². The fourth-order valence-electron chi connectivity index (χ4n) is 1.54. The van der Waals surface area contributed by atoms with Gasteiger partial charge in [-0.2, -0.15) is 25.3 Å². The summed E-state index contributed by atoms with van der Waals surface area (Å²) in [5, 5.41) is 18.5. The number of fused-ring (bicyclic) bond motifs is 1. The van der Waals surface area contributed by atoms with Crippen LogP contribution in [0.2, 0.25) is 5.28 Å². The van der Waals surface area contributed by atoms with Gasteiger partial charge in [0.1, 0.15) is 5.82 Å². The molecule has 90 valence electrons. The van der Waals surface area contributed by atoms with E-state index in [0.717, 1.165) is 11.1 Å². The standard InChI is InChI=1S/C10H8ClN7/c11-10-15-8(7-5-14-18-9(7)16-10)12-4-6-2-1-3-13-17-6/h1-3,5H,4H2,(H2,12,14,15,16,18). The predicted molar refractivity (Wildman–Crippen MR) is 66.1 cm³/mol. The highest BCUT2D eigenvalue weighted by Gasteiger charge is 2.08. The Balaban J connectivity index is 1.88. The topological polar surface area (TPSA) is 92.3 Å². The summed E-state index contributed by atoms with van der Waals surface area (Å²) in [6, 6.07) is 3.69. The van der Waals surface area contributed by atoms with E-state index in [1.807, 2.05) is 12.1 Å². The van der Waals surface area contributed by atoms with Gasteiger partial charge in [0.05, 0.1) is 23.8 Å². The van der Waals surface area contributed by atoms with Crippen LogP contribution in [0.15, 0.2) is 24.5 Å². The van der Waals surface area contributed by atoms with Crippen LogP contribution in [0.4, 0.5) is 5.82 Å². The van der Waals surface area contributed by atoms with Crippen LogP contribution in [0.25, 0.3) is 11.0 Å². The van der Waals surface area contributed by atoms with Gasteiger partial charge in [0.25, 0.3) is 0 Å². The average molecular weight is 262 g/mol. The summed E-state index contributed by atoms with van der Waals surface area (Å²) in [7, 11) is 0. The molecular weight excluding hydrogens is 254 g/mol. The van der Waals surface area contributed by atoms with E-state index in [2.05, 4.69) is 35.7 Å². The Hall–Kier alpha value is -2.28. The molecule has 0 saturated heterocycles. The van der Waals surface area contributed by atoms with Crippen LogP contribution in [-0.4, -0.2) is 30.4 Å². The first-order chi connectivity index (χ1) is 8.83. The van der Waals surface area contributed by atoms with E-state index >= 15 is 0 Å². The summed E-state index contributed by atoms with van der Waals surface area (Å²) in [6.45, 7) is 0.501. The first kappa shape index (κ1) is 10.8. The van der Waals surface area contributed by atoms with Crippen molar-refractivity contribution in [1.29, 1.82) is 0 Å². The largest absolute Gasteiger partial charge is 0.364 e. The molecule has 0 amide bonds. The van der Waals surface area contributed by atoms with Crippen molar-refractivity contribution < 1.29 is 0 Å². The maximum absolute atomic E-state index is 5.82. The molecule has 2 N–H and O–H groups in total. The first-order valence-corrected chi connectivity index (χ1v) is 5.58. The molecule has 0 aliphatic heterocycles. The molecule has 3 rings (SSSR count). The Labute approximate surface area is 107 Å². The zero-order valence-corrected chi connectivity index (χ0v) is 9.89. The van der Waals surface area contributed by atoms with Gasteiger partial charge in [-0.1, -0.05) is 0 Å². The lowest BCUT2D eigenvalue weighted by atomic mass is 10.3. The lowest BCUT2D eigenvalue weighted by Crippen LogP contribution is -2.04. The van der Waals surface area contributed by atoms with Gasteiger partial charge in [0.2, 0.25) is 5.28 Å². The monoisotopic (exact) mass is 261 g/mol. The number of nitrogens with one attached hydrogen (secondary N) is 2. The van der Waals surface area contributed by atoms with Crippen molar-refractivity contribution in [1.82, 2.24) is 30.4 Å². The SMILES string of the molecule is Clc1nc(NCc2cccnn2)c2cn[nH]c2n1. The number of H-pyrrole nitrogens is 1. The molecule has 3 heterocycles. The minimum atomic E-state index is 0.161. The van der Waals surface area contributed by atoms with E-state index in [0.29, 0.717) is 18.0 Å². The number of rotatable bonds is 3. The molecule has 0 fully saturated rings. The van der Waals surface area contributed by atoms with Gasteiger partial charge in [-0.25, -0.2) is 0 Å². The van der Waals surface area contributed by atoms with Gasteiger partial charge in [-0.15, -0.1) is 0 Å². The Kier molecular flexibility index (Phi) is 2.73. The van der Waals surface area contributed by atoms with E-state index < -0.39 is 0 Å². The van der Waals surface area contributed by atoms with Crippen molar-refractivity contribution in [2.45, 2.75) is 6.54 Å². The van der Waals surface area contributed by atoms with E-state index in [-0.39, 0.29) is 5.28 Å². The molecular formula is C10H8ClN7. The minimum Gasteiger partial charge on any atom is -0.364 e. The smallest absolute Gasteiger partial charge is 0.226 e. The highest BCUT2D eigenvalue weighted by molar-refractivity contribution is 6.28. The normalized spacial score (nSPS) is 10.7. The molecule has 0 atom stereocenters. The quantitative estimate of drug-likeness (QED) is 0.693. The lowest BCUT2D eigenvalue weighted by molar-refractivity contribution is 0.921. The summed E-state index contributed by atoms with van der Waals surface area (Å²) in [4.78, 5) is 8.14. The predicted octanol–water partition coefficient (Wildman–Crippen LogP) is 1.41. The number of nitrogens with zero attached hydrogens (tertiary/aromatic N) is 5. The zero-order chi connectivity index (χ0) is 12.4. The third-order valence-electron chi connectivity index (χ3n) is 2.35. The van der Waals surface area contributed by atoms with Gasteiger partial charge >= 0.3 is 0 Å². The molecule has 0 unspecified atom stereocenters. The molecule has 7 nitrogen and oxygen atoms in total. The molecule has 0 spiro atoms. The molecule has 0 radical (unpaired) electrons. The lowest BCUT2D eigenvalue weighted by Gasteiger charge is -2.05. The van der Waals surface area contributed by atoms with E-state index in [1.54, 1.807) is 12.4 Å². The van der Waals surface area contributed by atoms with Crippen LogP contribution in [0, 0.1) is 0 Å². The second-order valence-corrected chi connectivity index (χ2v) is 3.88. The Morgan fingerprint density at radius 1 is 1.33 bits per heavy atom. The summed E-state index contributed by atoms with van der Waals surface area (Å²) < 4.78 is 0. The second-order valence-electron chi connectivity index (χ2n) is 3.54. The average Bonchev–Trinajstić information content (AvgIpc) is 2.85. The summed E-state index contributed by atoms with van der Waals surface area (Å²) >= 11 is 5.82. The number of hydrogen-bond acceptors (Lipinski definition) is 6. The van der Waals surface area contributed by atoms with Crippen LogP contribution in [0.5, 0.6) is 0 Å². The van der Waals surface area contributed by atoms with Crippen molar-refractivity contribution in [2.75, 3.05) is 5.32 Å². The molecule has 3 aromatic heterocycles. The Morgan fingerprint density at radius 3 is 3.11 bits per heavy atom. The molecule has 3 aromatic rings. The highest BCUT2D eigenvalue weighted by Crippen LogP contribution is 2.20. The van der Waals surface area contributed by atoms with Gasteiger partial charge in [-0.05, 0) is 23.7 Å². The molecule has 0 aliphatic carbocycles. The highest BCUT2D eigenvalue weighted by atomic mass is 35.5. The van der Waals surface area contributed by atoms with Crippen molar-refractivity contribution in [3.05, 3.63) is 35.5 Å². The van der Waals surface area contributed by atoms with Gasteiger partial charge in [0.15, 0.2) is 5.65 Å². The van der Waals surface area contributed by atoms with Crippen LogP contribution in [0.3, 0.4) is 0 Å². The molecule has 0 aliphatic rings. The zero-order valence-electron chi connectivity index (χ0n) is 9.13. The number of anilines is 1. The van der Waals surface area contributed by atoms with Crippen molar-refractivity contribution in [2.24, 2.45) is 0 Å². The minimum absolute atomic E-state index is 0.161. The summed E-state index contributed by atoms with van der Waals surface area (Å²) in [5.41, 5.74) is 1.40. The number of aromatic amines is 1. The second kappa shape index (κ2) is 4.53. The van der Waals surface area contributed by atoms with Crippen LogP contribution in [-0.2, 0) is 6.54 Å². The molecule has 0 saturated carbocycles. The number of aromatic nitrogens is 6. The molecule has 8 heteroatoms. The fraction of sp³-hybridized carbons (Fsp3) is 0.100. The van der Waals surface area contributed by atoms with E-state index in [1.165, 1.54) is 0 Å². The molecule has 18 heavy (non-hydrogen) atoms. The third kappa shape index (κ3) is 2.07. The summed E-state index contributed by atoms with van der Waals surface area (Å²) in [6.07, 6.45) is 3.27. The van der Waals surface area contributed by atoms with Crippen LogP contribution < -0.4 is 5.32 Å². The number of halogens is 1. The Morgan fingerprint density at radius 2 is 2.28 bits per heavy atom. The maximum Gasteiger partial charge on any atom is 0.226 e. The Bertz CT molecular complexity index is 666. The van der Waals surface area contributed by atoms with Gasteiger partial charge in [0, 0.05) is 6.20 Å². The van der Waals surface area contributed by atoms with Crippen LogP contribution >= 0.6 is 11.6 Å². The molecule has 0 aromatic carbocycles. The third-order valence-corrected chi connectivity index (χ3v) is 2.52. The van der Waals surface area contributed by atoms with E-state index in [4.69, 9.17) is 11.6 Å². The fourth-order valence-corrected chi connectivity index (χ4v) is 1.71. The maximum atomic E-state index is 5.82.